The van der Waals surface area contributed by atoms with E-state index in [-0.39, 0.29) is 12.5 Å². The maximum Gasteiger partial charge on any atom is 0.265 e. The molecule has 1 amide bonds. The second-order valence-electron chi connectivity index (χ2n) is 4.82. The quantitative estimate of drug-likeness (QED) is 0.782. The van der Waals surface area contributed by atoms with Gasteiger partial charge in [0.25, 0.3) is 5.91 Å². The highest BCUT2D eigenvalue weighted by molar-refractivity contribution is 5.91. The number of aromatic nitrogens is 3. The molecule has 0 fully saturated rings. The molecule has 0 radical (unpaired) electrons. The fraction of sp³-hybridized carbons (Fsp3) is 0.188. The highest BCUT2D eigenvalue weighted by Crippen LogP contribution is 2.10. The SMILES string of the molecule is CCc1ccc(NC(=O)COn2nnc3ccccc32)cc1. The molecule has 0 aliphatic heterocycles. The van der Waals surface area contributed by atoms with Crippen molar-refractivity contribution in [1.82, 2.24) is 15.2 Å². The Morgan fingerprint density at radius 3 is 2.73 bits per heavy atom. The summed E-state index contributed by atoms with van der Waals surface area (Å²) >= 11 is 0. The number of anilines is 1. The van der Waals surface area contributed by atoms with Crippen LogP contribution in [0, 0.1) is 0 Å². The van der Waals surface area contributed by atoms with Gasteiger partial charge in [-0.3, -0.25) is 4.79 Å². The first-order valence-corrected chi connectivity index (χ1v) is 7.09. The number of nitrogens with one attached hydrogen (secondary N) is 1. The number of nitrogens with zero attached hydrogens (tertiary/aromatic N) is 3. The van der Waals surface area contributed by atoms with Crippen LogP contribution in [0.1, 0.15) is 12.5 Å². The standard InChI is InChI=1S/C16H16N4O2/c1-2-12-7-9-13(10-8-12)17-16(21)11-22-20-15-6-4-3-5-14(15)18-19-20/h3-10H,2,11H2,1H3,(H,17,21). The van der Waals surface area contributed by atoms with Gasteiger partial charge in [-0.05, 0) is 41.5 Å². The lowest BCUT2D eigenvalue weighted by Gasteiger charge is -2.07. The molecule has 6 heteroatoms. The Morgan fingerprint density at radius 1 is 1.18 bits per heavy atom. The second kappa shape index (κ2) is 6.26. The molecule has 1 aromatic heterocycles. The van der Waals surface area contributed by atoms with Gasteiger partial charge in [-0.25, -0.2) is 0 Å². The van der Waals surface area contributed by atoms with Gasteiger partial charge in [-0.15, -0.1) is 5.10 Å². The summed E-state index contributed by atoms with van der Waals surface area (Å²) in [6.45, 7) is 1.95. The number of amides is 1. The van der Waals surface area contributed by atoms with E-state index in [4.69, 9.17) is 4.84 Å². The Balaban J connectivity index is 1.60. The molecule has 0 saturated carbocycles. The molecular weight excluding hydrogens is 280 g/mol. The van der Waals surface area contributed by atoms with Gasteiger partial charge >= 0.3 is 0 Å². The molecule has 6 nitrogen and oxygen atoms in total. The molecule has 0 bridgehead atoms. The first kappa shape index (κ1) is 14.1. The topological polar surface area (TPSA) is 69.0 Å². The Kier molecular flexibility index (Phi) is 4.00. The summed E-state index contributed by atoms with van der Waals surface area (Å²) < 4.78 is 0. The molecule has 3 rings (SSSR count). The smallest absolute Gasteiger partial charge is 0.265 e. The summed E-state index contributed by atoms with van der Waals surface area (Å²) in [6.07, 6.45) is 0.969. The van der Waals surface area contributed by atoms with Gasteiger partial charge in [0.2, 0.25) is 0 Å². The minimum Gasteiger partial charge on any atom is -0.385 e. The van der Waals surface area contributed by atoms with Crippen LogP contribution in [-0.4, -0.2) is 27.7 Å². The third-order valence-electron chi connectivity index (χ3n) is 3.29. The van der Waals surface area contributed by atoms with E-state index in [2.05, 4.69) is 22.6 Å². The molecule has 0 aliphatic rings. The monoisotopic (exact) mass is 296 g/mol. The largest absolute Gasteiger partial charge is 0.385 e. The van der Waals surface area contributed by atoms with Crippen molar-refractivity contribution in [2.75, 3.05) is 11.9 Å². The average molecular weight is 296 g/mol. The summed E-state index contributed by atoms with van der Waals surface area (Å²) in [4.78, 5) is 18.5. The van der Waals surface area contributed by atoms with Crippen molar-refractivity contribution in [2.24, 2.45) is 0 Å². The van der Waals surface area contributed by atoms with Crippen LogP contribution in [-0.2, 0) is 11.2 Å². The highest BCUT2D eigenvalue weighted by Gasteiger charge is 2.07. The Labute approximate surface area is 127 Å². The number of benzene rings is 2. The molecule has 3 aromatic rings. The maximum absolute atomic E-state index is 11.9. The zero-order valence-corrected chi connectivity index (χ0v) is 12.2. The van der Waals surface area contributed by atoms with E-state index in [1.165, 1.54) is 10.4 Å². The molecule has 2 aromatic carbocycles. The molecule has 0 aliphatic carbocycles. The van der Waals surface area contributed by atoms with Crippen LogP contribution < -0.4 is 10.2 Å². The average Bonchev–Trinajstić information content (AvgIpc) is 2.97. The van der Waals surface area contributed by atoms with Crippen molar-refractivity contribution >= 4 is 22.6 Å². The number of aryl methyl sites for hydroxylation is 1. The molecule has 0 atom stereocenters. The van der Waals surface area contributed by atoms with Gasteiger partial charge in [0.15, 0.2) is 6.61 Å². The van der Waals surface area contributed by atoms with Crippen molar-refractivity contribution < 1.29 is 9.63 Å². The van der Waals surface area contributed by atoms with Crippen LogP contribution in [0.3, 0.4) is 0 Å². The summed E-state index contributed by atoms with van der Waals surface area (Å²) in [5.41, 5.74) is 3.42. The number of para-hydroxylation sites is 1. The predicted molar refractivity (Wildman–Crippen MR) is 83.4 cm³/mol. The van der Waals surface area contributed by atoms with E-state index in [0.29, 0.717) is 0 Å². The summed E-state index contributed by atoms with van der Waals surface area (Å²) in [5.74, 6) is -0.246. The Bertz CT molecular complexity index is 780. The van der Waals surface area contributed by atoms with Crippen molar-refractivity contribution in [3.05, 3.63) is 54.1 Å². The third-order valence-corrected chi connectivity index (χ3v) is 3.29. The molecular formula is C16H16N4O2. The van der Waals surface area contributed by atoms with Gasteiger partial charge in [0.1, 0.15) is 11.0 Å². The number of fused-ring (bicyclic) bond motifs is 1. The lowest BCUT2D eigenvalue weighted by atomic mass is 10.1. The molecule has 1 N–H and O–H groups in total. The second-order valence-corrected chi connectivity index (χ2v) is 4.82. The summed E-state index contributed by atoms with van der Waals surface area (Å²) in [7, 11) is 0. The number of hydrogen-bond donors (Lipinski definition) is 1. The minimum atomic E-state index is -0.246. The van der Waals surface area contributed by atoms with Gasteiger partial charge in [0.05, 0.1) is 0 Å². The molecule has 0 unspecified atom stereocenters. The van der Waals surface area contributed by atoms with Gasteiger partial charge < -0.3 is 10.2 Å². The van der Waals surface area contributed by atoms with Crippen LogP contribution >= 0.6 is 0 Å². The number of rotatable bonds is 5. The van der Waals surface area contributed by atoms with E-state index in [0.717, 1.165) is 23.1 Å². The minimum absolute atomic E-state index is 0.136. The van der Waals surface area contributed by atoms with E-state index in [1.807, 2.05) is 48.5 Å². The van der Waals surface area contributed by atoms with Crippen molar-refractivity contribution in [3.8, 4) is 0 Å². The number of hydrogen-bond acceptors (Lipinski definition) is 4. The van der Waals surface area contributed by atoms with Crippen molar-refractivity contribution in [2.45, 2.75) is 13.3 Å². The normalized spacial score (nSPS) is 10.6. The van der Waals surface area contributed by atoms with Crippen molar-refractivity contribution in [1.29, 1.82) is 0 Å². The zero-order valence-electron chi connectivity index (χ0n) is 12.2. The molecule has 1 heterocycles. The fourth-order valence-corrected chi connectivity index (χ4v) is 2.08. The first-order chi connectivity index (χ1) is 10.8. The highest BCUT2D eigenvalue weighted by atomic mass is 16.7. The van der Waals surface area contributed by atoms with Crippen LogP contribution in [0.25, 0.3) is 11.0 Å². The molecule has 112 valence electrons. The molecule has 0 spiro atoms. The number of carbonyl (C=O) groups is 1. The third kappa shape index (κ3) is 3.06. The first-order valence-electron chi connectivity index (χ1n) is 7.09. The van der Waals surface area contributed by atoms with Crippen LogP contribution in [0.2, 0.25) is 0 Å². The van der Waals surface area contributed by atoms with Crippen LogP contribution in [0.15, 0.2) is 48.5 Å². The van der Waals surface area contributed by atoms with E-state index in [9.17, 15) is 4.79 Å². The molecule has 0 saturated heterocycles. The zero-order chi connectivity index (χ0) is 15.4. The van der Waals surface area contributed by atoms with Crippen LogP contribution in [0.4, 0.5) is 5.69 Å². The van der Waals surface area contributed by atoms with E-state index >= 15 is 0 Å². The lowest BCUT2D eigenvalue weighted by Crippen LogP contribution is -2.26. The fourth-order valence-electron chi connectivity index (χ4n) is 2.08. The lowest BCUT2D eigenvalue weighted by molar-refractivity contribution is -0.121. The van der Waals surface area contributed by atoms with E-state index in [1.54, 1.807) is 0 Å². The van der Waals surface area contributed by atoms with Gasteiger partial charge in [-0.1, -0.05) is 36.0 Å². The Hall–Kier alpha value is -2.89. The molecule has 22 heavy (non-hydrogen) atoms. The maximum atomic E-state index is 11.9. The van der Waals surface area contributed by atoms with E-state index < -0.39 is 0 Å². The Morgan fingerprint density at radius 2 is 1.95 bits per heavy atom. The predicted octanol–water partition coefficient (Wildman–Crippen LogP) is 2.06. The number of carbonyl (C=O) groups excluding carboxylic acids is 1. The van der Waals surface area contributed by atoms with Gasteiger partial charge in [0, 0.05) is 5.69 Å². The van der Waals surface area contributed by atoms with Gasteiger partial charge in [-0.2, -0.15) is 0 Å². The van der Waals surface area contributed by atoms with Crippen molar-refractivity contribution in [3.63, 3.8) is 0 Å². The summed E-state index contributed by atoms with van der Waals surface area (Å²) in [6, 6.07) is 15.1. The summed E-state index contributed by atoms with van der Waals surface area (Å²) in [5, 5.41) is 10.6. The van der Waals surface area contributed by atoms with Crippen LogP contribution in [0.5, 0.6) is 0 Å².